The molecule has 48 heavy (non-hydrogen) atoms. The lowest BCUT2D eigenvalue weighted by atomic mass is 10.00. The van der Waals surface area contributed by atoms with Crippen LogP contribution in [0.25, 0.3) is 10.8 Å². The summed E-state index contributed by atoms with van der Waals surface area (Å²) >= 11 is 0. The average Bonchev–Trinajstić information content (AvgIpc) is 3.12. The summed E-state index contributed by atoms with van der Waals surface area (Å²) in [7, 11) is 0. The van der Waals surface area contributed by atoms with Crippen molar-refractivity contribution in [3.05, 3.63) is 83.4 Å². The van der Waals surface area contributed by atoms with E-state index in [4.69, 9.17) is 4.74 Å². The van der Waals surface area contributed by atoms with Gasteiger partial charge in [0.25, 0.3) is 0 Å². The molecule has 1 atom stereocenters. The summed E-state index contributed by atoms with van der Waals surface area (Å²) in [5, 5.41) is 5.72. The highest BCUT2D eigenvalue weighted by Gasteiger charge is 2.20. The fourth-order valence-electron chi connectivity index (χ4n) is 6.69. The van der Waals surface area contributed by atoms with Crippen LogP contribution < -0.4 is 5.32 Å². The lowest BCUT2D eigenvalue weighted by Crippen LogP contribution is -2.43. The van der Waals surface area contributed by atoms with Gasteiger partial charge < -0.3 is 24.8 Å². The van der Waals surface area contributed by atoms with Crippen LogP contribution >= 0.6 is 0 Å². The molecule has 3 aromatic carbocycles. The molecule has 1 unspecified atom stereocenters. The highest BCUT2D eigenvalue weighted by Crippen LogP contribution is 2.24. The third kappa shape index (κ3) is 11.8. The first-order chi connectivity index (χ1) is 23.4. The van der Waals surface area contributed by atoms with Crippen LogP contribution in [0.4, 0.5) is 4.79 Å². The molecule has 2 amide bonds. The number of fused-ring (bicyclic) bond motifs is 1. The number of carbonyl (C=O) groups is 1. The second-order valence-electron chi connectivity index (χ2n) is 13.1. The van der Waals surface area contributed by atoms with Gasteiger partial charge in [-0.3, -0.25) is 9.80 Å². The van der Waals surface area contributed by atoms with Gasteiger partial charge >= 0.3 is 6.03 Å². The number of ether oxygens (including phenoxy) is 1. The van der Waals surface area contributed by atoms with E-state index in [1.165, 1.54) is 16.3 Å². The zero-order valence-electron chi connectivity index (χ0n) is 30.5. The molecule has 0 spiro atoms. The number of carbonyl (C=O) groups excluding carboxylic acids is 1. The summed E-state index contributed by atoms with van der Waals surface area (Å²) in [6.45, 7) is 26.5. The molecule has 1 heterocycles. The number of hydrogen-bond acceptors (Lipinski definition) is 6. The molecular weight excluding hydrogens is 596 g/mol. The zero-order chi connectivity index (χ0) is 34.1. The highest BCUT2D eigenvalue weighted by molar-refractivity contribution is 5.86. The molecule has 1 N–H and O–H groups in total. The van der Waals surface area contributed by atoms with Crippen molar-refractivity contribution in [2.75, 3.05) is 91.8 Å². The minimum absolute atomic E-state index is 0.0135. The van der Waals surface area contributed by atoms with Crippen molar-refractivity contribution in [2.45, 2.75) is 60.2 Å². The van der Waals surface area contributed by atoms with Gasteiger partial charge in [-0.05, 0) is 67.0 Å². The fraction of sp³-hybridized carbons (Fsp3) is 0.575. The van der Waals surface area contributed by atoms with Crippen molar-refractivity contribution in [3.8, 4) is 0 Å². The van der Waals surface area contributed by atoms with E-state index < -0.39 is 0 Å². The van der Waals surface area contributed by atoms with Gasteiger partial charge in [-0.1, -0.05) is 94.4 Å². The molecule has 1 fully saturated rings. The Kier molecular flexibility index (Phi) is 16.1. The molecule has 1 aliphatic heterocycles. The number of morpholine rings is 1. The maximum atomic E-state index is 13.9. The molecule has 0 radical (unpaired) electrons. The first-order valence-electron chi connectivity index (χ1n) is 18.5. The van der Waals surface area contributed by atoms with Gasteiger partial charge in [0.1, 0.15) is 0 Å². The standard InChI is InChI=1S/C40H62N6O2/c1-6-42(7-2)24-26-45(27-25-43(8-3)9-4)32-35-18-20-36(21-19-35)33-46(23-13-22-44-28-30-48-31-29-44)40(47)41-34(5)38-17-12-15-37-14-10-11-16-39(37)38/h10-12,14-21,34H,6-9,13,22-33H2,1-5H3,(H,41,47). The quantitative estimate of drug-likeness (QED) is 0.153. The van der Waals surface area contributed by atoms with E-state index in [-0.39, 0.29) is 12.1 Å². The summed E-state index contributed by atoms with van der Waals surface area (Å²) in [5.41, 5.74) is 3.63. The number of benzene rings is 3. The monoisotopic (exact) mass is 658 g/mol. The second kappa shape index (κ2) is 20.5. The Hall–Kier alpha value is -3.01. The van der Waals surface area contributed by atoms with Gasteiger partial charge in [-0.15, -0.1) is 0 Å². The van der Waals surface area contributed by atoms with E-state index in [0.29, 0.717) is 13.1 Å². The summed E-state index contributed by atoms with van der Waals surface area (Å²) < 4.78 is 5.54. The number of nitrogens with zero attached hydrogens (tertiary/aromatic N) is 5. The maximum Gasteiger partial charge on any atom is 0.318 e. The molecule has 8 nitrogen and oxygen atoms in total. The molecule has 8 heteroatoms. The highest BCUT2D eigenvalue weighted by atomic mass is 16.5. The van der Waals surface area contributed by atoms with Crippen molar-refractivity contribution in [2.24, 2.45) is 0 Å². The average molecular weight is 659 g/mol. The van der Waals surface area contributed by atoms with E-state index in [0.717, 1.165) is 109 Å². The molecular formula is C40H62N6O2. The third-order valence-electron chi connectivity index (χ3n) is 9.98. The van der Waals surface area contributed by atoms with Crippen LogP contribution in [0, 0.1) is 0 Å². The van der Waals surface area contributed by atoms with Gasteiger partial charge in [0.15, 0.2) is 0 Å². The zero-order valence-corrected chi connectivity index (χ0v) is 30.5. The minimum Gasteiger partial charge on any atom is -0.379 e. The maximum absolute atomic E-state index is 13.9. The van der Waals surface area contributed by atoms with Crippen LogP contribution in [-0.2, 0) is 17.8 Å². The van der Waals surface area contributed by atoms with Gasteiger partial charge in [0.05, 0.1) is 19.3 Å². The Morgan fingerprint density at radius 2 is 1.29 bits per heavy atom. The normalized spacial score (nSPS) is 14.7. The number of hydrogen-bond donors (Lipinski definition) is 1. The molecule has 0 aromatic heterocycles. The number of likely N-dealkylation sites (N-methyl/N-ethyl adjacent to an activating group) is 2. The number of rotatable bonds is 20. The van der Waals surface area contributed by atoms with Crippen molar-refractivity contribution >= 4 is 16.8 Å². The molecule has 1 saturated heterocycles. The van der Waals surface area contributed by atoms with Gasteiger partial charge in [-0.25, -0.2) is 4.79 Å². The lowest BCUT2D eigenvalue weighted by molar-refractivity contribution is 0.0364. The summed E-state index contributed by atoms with van der Waals surface area (Å²) in [5.74, 6) is 0. The van der Waals surface area contributed by atoms with Crippen molar-refractivity contribution in [3.63, 3.8) is 0 Å². The molecule has 0 bridgehead atoms. The van der Waals surface area contributed by atoms with Crippen LogP contribution in [0.5, 0.6) is 0 Å². The molecule has 1 aliphatic rings. The Morgan fingerprint density at radius 3 is 1.92 bits per heavy atom. The van der Waals surface area contributed by atoms with Crippen LogP contribution in [0.15, 0.2) is 66.7 Å². The smallest absolute Gasteiger partial charge is 0.318 e. The van der Waals surface area contributed by atoms with Crippen LogP contribution in [0.2, 0.25) is 0 Å². The van der Waals surface area contributed by atoms with E-state index in [2.05, 4.69) is 126 Å². The van der Waals surface area contributed by atoms with Crippen molar-refractivity contribution in [1.82, 2.24) is 29.8 Å². The minimum atomic E-state index is -0.105. The Balaban J connectivity index is 1.42. The van der Waals surface area contributed by atoms with Crippen LogP contribution in [0.1, 0.15) is 63.8 Å². The van der Waals surface area contributed by atoms with Gasteiger partial charge in [-0.2, -0.15) is 0 Å². The second-order valence-corrected chi connectivity index (χ2v) is 13.1. The summed E-state index contributed by atoms with van der Waals surface area (Å²) in [4.78, 5) is 25.9. The van der Waals surface area contributed by atoms with E-state index >= 15 is 0 Å². The van der Waals surface area contributed by atoms with Crippen molar-refractivity contribution in [1.29, 1.82) is 0 Å². The van der Waals surface area contributed by atoms with Crippen LogP contribution in [-0.4, -0.2) is 122 Å². The molecule has 4 rings (SSSR count). The predicted octanol–water partition coefficient (Wildman–Crippen LogP) is 6.32. The van der Waals surface area contributed by atoms with Crippen LogP contribution in [0.3, 0.4) is 0 Å². The van der Waals surface area contributed by atoms with Gasteiger partial charge in [0, 0.05) is 65.4 Å². The lowest BCUT2D eigenvalue weighted by Gasteiger charge is -2.30. The Bertz CT molecular complexity index is 1320. The topological polar surface area (TPSA) is 54.5 Å². The molecule has 0 saturated carbocycles. The van der Waals surface area contributed by atoms with E-state index in [9.17, 15) is 4.79 Å². The van der Waals surface area contributed by atoms with Crippen molar-refractivity contribution < 1.29 is 9.53 Å². The number of amides is 2. The number of urea groups is 1. The van der Waals surface area contributed by atoms with Gasteiger partial charge in [0.2, 0.25) is 0 Å². The Labute approximate surface area is 291 Å². The van der Waals surface area contributed by atoms with E-state index in [1.54, 1.807) is 0 Å². The SMILES string of the molecule is CCN(CC)CCN(CCN(CC)CC)Cc1ccc(CN(CCCN2CCOCC2)C(=O)NC(C)c2cccc3ccccc23)cc1. The molecule has 264 valence electrons. The first kappa shape index (κ1) is 37.8. The molecule has 0 aliphatic carbocycles. The number of nitrogens with one attached hydrogen (secondary N) is 1. The fourth-order valence-corrected chi connectivity index (χ4v) is 6.69. The molecule has 3 aromatic rings. The summed E-state index contributed by atoms with van der Waals surface area (Å²) in [6.07, 6.45) is 0.933. The largest absolute Gasteiger partial charge is 0.379 e. The first-order valence-corrected chi connectivity index (χ1v) is 18.5. The third-order valence-corrected chi connectivity index (χ3v) is 9.98. The van der Waals surface area contributed by atoms with E-state index in [1.807, 2.05) is 4.90 Å². The predicted molar refractivity (Wildman–Crippen MR) is 200 cm³/mol. The Morgan fingerprint density at radius 1 is 0.729 bits per heavy atom. The summed E-state index contributed by atoms with van der Waals surface area (Å²) in [6, 6.07) is 23.6.